The third kappa shape index (κ3) is 3.83. The van der Waals surface area contributed by atoms with Gasteiger partial charge in [0, 0.05) is 18.0 Å². The van der Waals surface area contributed by atoms with Crippen LogP contribution in [-0.2, 0) is 4.79 Å². The monoisotopic (exact) mass is 240 g/mol. The highest BCUT2D eigenvalue weighted by molar-refractivity contribution is 6.30. The van der Waals surface area contributed by atoms with Crippen molar-refractivity contribution in [2.45, 2.75) is 25.8 Å². The maximum Gasteiger partial charge on any atom is 0.221 e. The van der Waals surface area contributed by atoms with E-state index in [9.17, 15) is 4.79 Å². The summed E-state index contributed by atoms with van der Waals surface area (Å²) >= 11 is 5.91. The van der Waals surface area contributed by atoms with Gasteiger partial charge >= 0.3 is 0 Å². The van der Waals surface area contributed by atoms with Gasteiger partial charge in [0.05, 0.1) is 6.04 Å². The normalized spacial score (nSPS) is 12.2. The molecule has 4 heteroatoms. The van der Waals surface area contributed by atoms with E-state index in [1.54, 1.807) is 0 Å². The Hall–Kier alpha value is -1.06. The molecule has 0 spiro atoms. The standard InChI is InChI=1S/C12H17ClN2O/c1-2-11(15-12(16)6-7-14)9-4-3-5-10(13)8-9/h3-5,8,11H,2,6-7,14H2,1H3,(H,15,16). The summed E-state index contributed by atoms with van der Waals surface area (Å²) in [5.41, 5.74) is 6.36. The number of carbonyl (C=O) groups is 1. The summed E-state index contributed by atoms with van der Waals surface area (Å²) in [6.07, 6.45) is 1.19. The Morgan fingerprint density at radius 1 is 1.56 bits per heavy atom. The predicted octanol–water partition coefficient (Wildman–Crippen LogP) is 2.26. The Morgan fingerprint density at radius 3 is 2.88 bits per heavy atom. The highest BCUT2D eigenvalue weighted by Gasteiger charge is 2.12. The van der Waals surface area contributed by atoms with E-state index in [0.717, 1.165) is 12.0 Å². The molecule has 0 aromatic heterocycles. The first-order chi connectivity index (χ1) is 7.67. The van der Waals surface area contributed by atoms with Crippen LogP contribution in [-0.4, -0.2) is 12.5 Å². The van der Waals surface area contributed by atoms with Gasteiger partial charge in [0.25, 0.3) is 0 Å². The van der Waals surface area contributed by atoms with Gasteiger partial charge < -0.3 is 11.1 Å². The molecular weight excluding hydrogens is 224 g/mol. The second kappa shape index (κ2) is 6.51. The maximum atomic E-state index is 11.4. The quantitative estimate of drug-likeness (QED) is 0.830. The van der Waals surface area contributed by atoms with Crippen LogP contribution in [0.2, 0.25) is 5.02 Å². The Bertz CT molecular complexity index is 355. The molecule has 0 aliphatic carbocycles. The zero-order chi connectivity index (χ0) is 12.0. The molecule has 3 N–H and O–H groups in total. The van der Waals surface area contributed by atoms with E-state index >= 15 is 0 Å². The second-order valence-corrected chi connectivity index (χ2v) is 4.06. The summed E-state index contributed by atoms with van der Waals surface area (Å²) in [7, 11) is 0. The molecule has 16 heavy (non-hydrogen) atoms. The molecule has 1 aromatic rings. The van der Waals surface area contributed by atoms with Crippen LogP contribution in [0.3, 0.4) is 0 Å². The lowest BCUT2D eigenvalue weighted by atomic mass is 10.0. The third-order valence-corrected chi connectivity index (χ3v) is 2.60. The number of hydrogen-bond donors (Lipinski definition) is 2. The van der Waals surface area contributed by atoms with Crippen molar-refractivity contribution in [3.05, 3.63) is 34.9 Å². The number of halogens is 1. The Balaban J connectivity index is 2.70. The van der Waals surface area contributed by atoms with Gasteiger partial charge in [0.15, 0.2) is 0 Å². The van der Waals surface area contributed by atoms with Gasteiger partial charge in [-0.25, -0.2) is 0 Å². The minimum Gasteiger partial charge on any atom is -0.349 e. The predicted molar refractivity (Wildman–Crippen MR) is 66.3 cm³/mol. The lowest BCUT2D eigenvalue weighted by molar-refractivity contribution is -0.121. The van der Waals surface area contributed by atoms with Crippen molar-refractivity contribution in [3.63, 3.8) is 0 Å². The fourth-order valence-electron chi connectivity index (χ4n) is 1.54. The molecule has 0 aliphatic heterocycles. The first kappa shape index (κ1) is 13.0. The number of amides is 1. The molecule has 0 fully saturated rings. The number of carbonyl (C=O) groups excluding carboxylic acids is 1. The average molecular weight is 241 g/mol. The Kier molecular flexibility index (Phi) is 5.29. The molecule has 0 aliphatic rings. The molecule has 0 saturated carbocycles. The van der Waals surface area contributed by atoms with E-state index in [-0.39, 0.29) is 11.9 Å². The fourth-order valence-corrected chi connectivity index (χ4v) is 1.74. The van der Waals surface area contributed by atoms with E-state index in [2.05, 4.69) is 5.32 Å². The first-order valence-corrected chi connectivity index (χ1v) is 5.80. The van der Waals surface area contributed by atoms with Crippen LogP contribution in [0.1, 0.15) is 31.4 Å². The van der Waals surface area contributed by atoms with Crippen molar-refractivity contribution in [1.29, 1.82) is 0 Å². The van der Waals surface area contributed by atoms with Gasteiger partial charge in [-0.2, -0.15) is 0 Å². The number of rotatable bonds is 5. The zero-order valence-corrected chi connectivity index (χ0v) is 10.1. The second-order valence-electron chi connectivity index (χ2n) is 3.62. The number of benzene rings is 1. The van der Waals surface area contributed by atoms with E-state index in [0.29, 0.717) is 18.0 Å². The SMILES string of the molecule is CCC(NC(=O)CCN)c1cccc(Cl)c1. The van der Waals surface area contributed by atoms with Crippen molar-refractivity contribution < 1.29 is 4.79 Å². The Labute approximate surface area is 101 Å². The maximum absolute atomic E-state index is 11.4. The summed E-state index contributed by atoms with van der Waals surface area (Å²) < 4.78 is 0. The number of hydrogen-bond acceptors (Lipinski definition) is 2. The van der Waals surface area contributed by atoms with Gasteiger partial charge in [-0.05, 0) is 24.1 Å². The average Bonchev–Trinajstić information content (AvgIpc) is 2.26. The molecule has 0 saturated heterocycles. The molecule has 1 aromatic carbocycles. The number of nitrogens with two attached hydrogens (primary N) is 1. The minimum absolute atomic E-state index is 0.0118. The Morgan fingerprint density at radius 2 is 2.31 bits per heavy atom. The van der Waals surface area contributed by atoms with Crippen LogP contribution < -0.4 is 11.1 Å². The van der Waals surface area contributed by atoms with Crippen LogP contribution in [0.15, 0.2) is 24.3 Å². The third-order valence-electron chi connectivity index (χ3n) is 2.37. The molecule has 1 rings (SSSR count). The molecule has 0 bridgehead atoms. The molecule has 88 valence electrons. The lowest BCUT2D eigenvalue weighted by Crippen LogP contribution is -2.29. The molecule has 0 radical (unpaired) electrons. The molecule has 3 nitrogen and oxygen atoms in total. The van der Waals surface area contributed by atoms with Crippen LogP contribution >= 0.6 is 11.6 Å². The molecule has 1 atom stereocenters. The first-order valence-electron chi connectivity index (χ1n) is 5.42. The highest BCUT2D eigenvalue weighted by Crippen LogP contribution is 2.20. The van der Waals surface area contributed by atoms with Crippen molar-refractivity contribution in [2.75, 3.05) is 6.54 Å². The van der Waals surface area contributed by atoms with E-state index in [1.807, 2.05) is 31.2 Å². The van der Waals surface area contributed by atoms with Crippen LogP contribution in [0.25, 0.3) is 0 Å². The van der Waals surface area contributed by atoms with Gasteiger partial charge in [-0.3, -0.25) is 4.79 Å². The summed E-state index contributed by atoms with van der Waals surface area (Å²) in [4.78, 5) is 11.4. The minimum atomic E-state index is -0.0191. The number of nitrogens with one attached hydrogen (secondary N) is 1. The molecule has 1 amide bonds. The fraction of sp³-hybridized carbons (Fsp3) is 0.417. The van der Waals surface area contributed by atoms with Gasteiger partial charge in [-0.1, -0.05) is 30.7 Å². The summed E-state index contributed by atoms with van der Waals surface area (Å²) in [5, 5.41) is 3.62. The zero-order valence-electron chi connectivity index (χ0n) is 9.37. The van der Waals surface area contributed by atoms with E-state index < -0.39 is 0 Å². The van der Waals surface area contributed by atoms with Crippen LogP contribution in [0.4, 0.5) is 0 Å². The van der Waals surface area contributed by atoms with Gasteiger partial charge in [-0.15, -0.1) is 0 Å². The molecule has 1 unspecified atom stereocenters. The molecular formula is C12H17ClN2O. The van der Waals surface area contributed by atoms with Crippen molar-refractivity contribution in [1.82, 2.24) is 5.32 Å². The molecule has 0 heterocycles. The van der Waals surface area contributed by atoms with Crippen LogP contribution in [0, 0.1) is 0 Å². The van der Waals surface area contributed by atoms with Crippen molar-refractivity contribution in [2.24, 2.45) is 5.73 Å². The topological polar surface area (TPSA) is 55.1 Å². The largest absolute Gasteiger partial charge is 0.349 e. The lowest BCUT2D eigenvalue weighted by Gasteiger charge is -2.17. The van der Waals surface area contributed by atoms with E-state index in [1.165, 1.54) is 0 Å². The van der Waals surface area contributed by atoms with Gasteiger partial charge in [0.2, 0.25) is 5.91 Å². The van der Waals surface area contributed by atoms with E-state index in [4.69, 9.17) is 17.3 Å². The smallest absolute Gasteiger partial charge is 0.221 e. The van der Waals surface area contributed by atoms with Crippen molar-refractivity contribution >= 4 is 17.5 Å². The summed E-state index contributed by atoms with van der Waals surface area (Å²) in [5.74, 6) is -0.0191. The van der Waals surface area contributed by atoms with Crippen LogP contribution in [0.5, 0.6) is 0 Å². The highest BCUT2D eigenvalue weighted by atomic mass is 35.5. The summed E-state index contributed by atoms with van der Waals surface area (Å²) in [6, 6.07) is 7.55. The summed E-state index contributed by atoms with van der Waals surface area (Å²) in [6.45, 7) is 2.39. The van der Waals surface area contributed by atoms with Crippen molar-refractivity contribution in [3.8, 4) is 0 Å². The van der Waals surface area contributed by atoms with Gasteiger partial charge in [0.1, 0.15) is 0 Å².